The summed E-state index contributed by atoms with van der Waals surface area (Å²) < 4.78 is 0.477. The molecule has 0 amide bonds. The summed E-state index contributed by atoms with van der Waals surface area (Å²) in [6, 6.07) is 1.32. The second kappa shape index (κ2) is 8.53. The summed E-state index contributed by atoms with van der Waals surface area (Å²) >= 11 is 0. The Kier molecular flexibility index (Phi) is 8.65. The van der Waals surface area contributed by atoms with Gasteiger partial charge in [-0.2, -0.15) is 0 Å². The van der Waals surface area contributed by atoms with Crippen molar-refractivity contribution in [1.82, 2.24) is 9.80 Å². The molecule has 118 valence electrons. The Bertz CT molecular complexity index is 215. The molecule has 0 bridgehead atoms. The summed E-state index contributed by atoms with van der Waals surface area (Å²) in [5, 5.41) is 0. The Morgan fingerprint density at radius 3 is 1.32 bits per heavy atom. The maximum Gasteiger partial charge on any atom is 0.00554 e. The zero-order valence-corrected chi connectivity index (χ0v) is 15.7. The lowest BCUT2D eigenvalue weighted by atomic mass is 10.3. The van der Waals surface area contributed by atoms with Crippen LogP contribution in [0.5, 0.6) is 0 Å². The zero-order chi connectivity index (χ0) is 15.2. The van der Waals surface area contributed by atoms with Crippen LogP contribution in [0.15, 0.2) is 0 Å². The van der Waals surface area contributed by atoms with Crippen LogP contribution in [-0.2, 0) is 0 Å². The molecule has 0 aliphatic rings. The molecule has 0 aliphatic heterocycles. The van der Waals surface area contributed by atoms with E-state index in [1.165, 1.54) is 24.6 Å². The Hall–Kier alpha value is 0.270. The van der Waals surface area contributed by atoms with Crippen LogP contribution >= 0.6 is 10.9 Å². The van der Waals surface area contributed by atoms with Crippen LogP contribution in [0.1, 0.15) is 48.5 Å². The molecule has 0 aliphatic carbocycles. The fourth-order valence-corrected chi connectivity index (χ4v) is 4.53. The quantitative estimate of drug-likeness (QED) is 0.684. The predicted molar refractivity (Wildman–Crippen MR) is 94.0 cm³/mol. The second-order valence-corrected chi connectivity index (χ2v) is 10.6. The normalized spacial score (nSPS) is 14.1. The average molecular weight is 291 g/mol. The van der Waals surface area contributed by atoms with E-state index in [4.69, 9.17) is 0 Å². The molecule has 0 heterocycles. The molecule has 0 aromatic carbocycles. The molecule has 2 nitrogen and oxygen atoms in total. The Balaban J connectivity index is 4.33. The minimum Gasteiger partial charge on any atom is -0.303 e. The highest BCUT2D eigenvalue weighted by Gasteiger charge is 2.21. The minimum absolute atomic E-state index is 0.100. The predicted octanol–water partition coefficient (Wildman–Crippen LogP) is 3.47. The topological polar surface area (TPSA) is 6.48 Å². The molecule has 0 saturated heterocycles. The minimum atomic E-state index is 0.100. The number of hydrogen-bond acceptors (Lipinski definition) is 2. The van der Waals surface area contributed by atoms with Crippen LogP contribution in [-0.4, -0.2) is 65.3 Å². The summed E-state index contributed by atoms with van der Waals surface area (Å²) in [4.78, 5) is 4.96. The number of nitrogens with zero attached hydrogens (tertiary/aromatic N) is 2. The Labute approximate surface area is 125 Å². The molecule has 0 fully saturated rings. The molecule has 0 atom stereocenters. The standard InChI is InChI=1S/C16H38N2S/c1-14(2)17(8)10-12-19(16(5,6)7)13-11-18(9)15(3)4/h14-15,19H,10-13H2,1-9H3. The van der Waals surface area contributed by atoms with Gasteiger partial charge in [0.05, 0.1) is 0 Å². The van der Waals surface area contributed by atoms with Crippen molar-refractivity contribution in [3.05, 3.63) is 0 Å². The summed E-state index contributed by atoms with van der Waals surface area (Å²) in [5.41, 5.74) is 0. The molecule has 19 heavy (non-hydrogen) atoms. The van der Waals surface area contributed by atoms with E-state index in [2.05, 4.69) is 72.4 Å². The van der Waals surface area contributed by atoms with Gasteiger partial charge in [-0.1, -0.05) is 20.8 Å². The summed E-state index contributed by atoms with van der Waals surface area (Å²) in [5.74, 6) is 2.75. The van der Waals surface area contributed by atoms with Crippen LogP contribution in [0.2, 0.25) is 0 Å². The van der Waals surface area contributed by atoms with Gasteiger partial charge in [-0.15, -0.1) is 0 Å². The highest BCUT2D eigenvalue weighted by atomic mass is 32.2. The van der Waals surface area contributed by atoms with Crippen molar-refractivity contribution in [2.45, 2.75) is 65.3 Å². The monoisotopic (exact) mass is 290 g/mol. The summed E-state index contributed by atoms with van der Waals surface area (Å²) in [7, 11) is 4.60. The molecular formula is C16H38N2S. The first kappa shape index (κ1) is 19.3. The highest BCUT2D eigenvalue weighted by Crippen LogP contribution is 2.40. The molecular weight excluding hydrogens is 252 g/mol. The van der Waals surface area contributed by atoms with Gasteiger partial charge >= 0.3 is 0 Å². The SMILES string of the molecule is CC(C)N(C)CC[SH](CCN(C)C(C)C)C(C)(C)C. The van der Waals surface area contributed by atoms with Gasteiger partial charge in [0.2, 0.25) is 0 Å². The van der Waals surface area contributed by atoms with Crippen molar-refractivity contribution in [3.63, 3.8) is 0 Å². The zero-order valence-electron chi connectivity index (χ0n) is 14.8. The van der Waals surface area contributed by atoms with Crippen molar-refractivity contribution in [2.75, 3.05) is 38.7 Å². The van der Waals surface area contributed by atoms with Gasteiger partial charge in [0.25, 0.3) is 0 Å². The molecule has 0 saturated carbocycles. The van der Waals surface area contributed by atoms with Gasteiger partial charge in [-0.3, -0.25) is 0 Å². The maximum absolute atomic E-state index is 2.48. The van der Waals surface area contributed by atoms with Crippen LogP contribution in [0.4, 0.5) is 0 Å². The van der Waals surface area contributed by atoms with E-state index in [0.29, 0.717) is 16.8 Å². The molecule has 3 heteroatoms. The van der Waals surface area contributed by atoms with Crippen LogP contribution in [0.25, 0.3) is 0 Å². The van der Waals surface area contributed by atoms with Gasteiger partial charge in [-0.25, -0.2) is 10.9 Å². The van der Waals surface area contributed by atoms with E-state index >= 15 is 0 Å². The highest BCUT2D eigenvalue weighted by molar-refractivity contribution is 8.18. The van der Waals surface area contributed by atoms with Crippen molar-refractivity contribution < 1.29 is 0 Å². The molecule has 0 radical (unpaired) electrons. The lowest BCUT2D eigenvalue weighted by Crippen LogP contribution is -2.34. The molecule has 0 rings (SSSR count). The molecule has 0 N–H and O–H groups in total. The first-order valence-corrected chi connectivity index (χ1v) is 9.42. The van der Waals surface area contributed by atoms with E-state index in [9.17, 15) is 0 Å². The second-order valence-electron chi connectivity index (χ2n) is 7.31. The van der Waals surface area contributed by atoms with Crippen molar-refractivity contribution in [3.8, 4) is 0 Å². The van der Waals surface area contributed by atoms with E-state index in [1.54, 1.807) is 0 Å². The number of thiol groups is 1. The number of hydrogen-bond donors (Lipinski definition) is 1. The smallest absolute Gasteiger partial charge is 0.00554 e. The first-order valence-electron chi connectivity index (χ1n) is 7.71. The maximum atomic E-state index is 2.48. The van der Waals surface area contributed by atoms with E-state index in [1.807, 2.05) is 0 Å². The molecule has 0 spiro atoms. The average Bonchev–Trinajstić information content (AvgIpc) is 2.25. The van der Waals surface area contributed by atoms with Crippen molar-refractivity contribution in [1.29, 1.82) is 0 Å². The van der Waals surface area contributed by atoms with E-state index in [-0.39, 0.29) is 10.9 Å². The van der Waals surface area contributed by atoms with Crippen molar-refractivity contribution >= 4 is 10.9 Å². The lowest BCUT2D eigenvalue weighted by molar-refractivity contribution is 0.287. The van der Waals surface area contributed by atoms with Crippen LogP contribution < -0.4 is 0 Å². The van der Waals surface area contributed by atoms with Gasteiger partial charge < -0.3 is 9.80 Å². The van der Waals surface area contributed by atoms with Gasteiger partial charge in [-0.05, 0) is 58.0 Å². The van der Waals surface area contributed by atoms with Gasteiger partial charge in [0, 0.05) is 25.2 Å². The van der Waals surface area contributed by atoms with Crippen LogP contribution in [0, 0.1) is 0 Å². The summed E-state index contributed by atoms with van der Waals surface area (Å²) in [6.07, 6.45) is 0. The van der Waals surface area contributed by atoms with Gasteiger partial charge in [0.15, 0.2) is 0 Å². The van der Waals surface area contributed by atoms with Crippen LogP contribution in [0.3, 0.4) is 0 Å². The Morgan fingerprint density at radius 2 is 1.11 bits per heavy atom. The molecule has 0 unspecified atom stereocenters. The Morgan fingerprint density at radius 1 is 0.789 bits per heavy atom. The first-order chi connectivity index (χ1) is 8.55. The third-order valence-electron chi connectivity index (χ3n) is 4.16. The fourth-order valence-electron chi connectivity index (χ4n) is 1.86. The number of rotatable bonds is 8. The lowest BCUT2D eigenvalue weighted by Gasteiger charge is -2.38. The largest absolute Gasteiger partial charge is 0.303 e. The van der Waals surface area contributed by atoms with E-state index in [0.717, 1.165) is 0 Å². The summed E-state index contributed by atoms with van der Waals surface area (Å²) in [6.45, 7) is 18.9. The molecule has 0 aromatic rings. The van der Waals surface area contributed by atoms with E-state index < -0.39 is 0 Å². The molecule has 0 aromatic heterocycles. The van der Waals surface area contributed by atoms with Gasteiger partial charge in [0.1, 0.15) is 0 Å². The third-order valence-corrected chi connectivity index (χ3v) is 7.53. The third kappa shape index (κ3) is 8.21. The van der Waals surface area contributed by atoms with Crippen molar-refractivity contribution in [2.24, 2.45) is 0 Å². The fraction of sp³-hybridized carbons (Fsp3) is 1.00.